The second-order valence-electron chi connectivity index (χ2n) is 7.81. The van der Waals surface area contributed by atoms with Gasteiger partial charge in [0.05, 0.1) is 6.10 Å². The lowest BCUT2D eigenvalue weighted by Gasteiger charge is -2.50. The van der Waals surface area contributed by atoms with E-state index in [9.17, 15) is 0 Å². The van der Waals surface area contributed by atoms with Gasteiger partial charge in [-0.2, -0.15) is 0 Å². The van der Waals surface area contributed by atoms with Crippen LogP contribution in [0.15, 0.2) is 0 Å². The summed E-state index contributed by atoms with van der Waals surface area (Å²) in [6, 6.07) is 1.34. The zero-order valence-corrected chi connectivity index (χ0v) is 13.7. The maximum Gasteiger partial charge on any atom is 0.0759 e. The molecule has 0 bridgehead atoms. The second kappa shape index (κ2) is 5.58. The zero-order valence-electron chi connectivity index (χ0n) is 13.7. The summed E-state index contributed by atoms with van der Waals surface area (Å²) < 4.78 is 6.11. The molecule has 4 atom stereocenters. The van der Waals surface area contributed by atoms with Crippen molar-refractivity contribution in [2.24, 2.45) is 11.8 Å². The minimum absolute atomic E-state index is 0.280. The molecule has 3 aliphatic rings. The van der Waals surface area contributed by atoms with Gasteiger partial charge in [0, 0.05) is 37.3 Å². The highest BCUT2D eigenvalue weighted by molar-refractivity contribution is 5.02. The van der Waals surface area contributed by atoms with Crippen LogP contribution in [-0.4, -0.2) is 48.3 Å². The third-order valence-corrected chi connectivity index (χ3v) is 5.86. The van der Waals surface area contributed by atoms with Crippen LogP contribution in [-0.2, 0) is 4.74 Å². The molecular weight excluding hydrogens is 248 g/mol. The predicted octanol–water partition coefficient (Wildman–Crippen LogP) is 2.65. The molecule has 0 aromatic heterocycles. The van der Waals surface area contributed by atoms with Crippen molar-refractivity contribution in [3.63, 3.8) is 0 Å². The number of nitrogens with zero attached hydrogens (tertiary/aromatic N) is 1. The van der Waals surface area contributed by atoms with E-state index in [1.807, 2.05) is 0 Å². The molecule has 3 heteroatoms. The molecule has 0 amide bonds. The molecule has 116 valence electrons. The molecule has 3 fully saturated rings. The first kappa shape index (κ1) is 14.8. The van der Waals surface area contributed by atoms with Crippen molar-refractivity contribution in [2.75, 3.05) is 19.7 Å². The monoisotopic (exact) mass is 280 g/mol. The van der Waals surface area contributed by atoms with E-state index in [0.717, 1.165) is 19.1 Å². The fourth-order valence-corrected chi connectivity index (χ4v) is 4.09. The van der Waals surface area contributed by atoms with Gasteiger partial charge in [-0.3, -0.25) is 4.90 Å². The van der Waals surface area contributed by atoms with E-state index in [2.05, 4.69) is 37.9 Å². The van der Waals surface area contributed by atoms with Crippen molar-refractivity contribution in [3.8, 4) is 0 Å². The third kappa shape index (κ3) is 2.77. The van der Waals surface area contributed by atoms with Gasteiger partial charge >= 0.3 is 0 Å². The van der Waals surface area contributed by atoms with E-state index < -0.39 is 0 Å². The smallest absolute Gasteiger partial charge is 0.0759 e. The summed E-state index contributed by atoms with van der Waals surface area (Å²) in [6.07, 6.45) is 5.76. The van der Waals surface area contributed by atoms with Crippen LogP contribution < -0.4 is 5.32 Å². The van der Waals surface area contributed by atoms with Crippen LogP contribution in [0.4, 0.5) is 0 Å². The number of piperazine rings is 1. The molecule has 2 aliphatic heterocycles. The van der Waals surface area contributed by atoms with Gasteiger partial charge in [0.2, 0.25) is 0 Å². The predicted molar refractivity (Wildman–Crippen MR) is 82.9 cm³/mol. The summed E-state index contributed by atoms with van der Waals surface area (Å²) in [5.41, 5.74) is 0.280. The van der Waals surface area contributed by atoms with Crippen molar-refractivity contribution in [1.29, 1.82) is 0 Å². The standard InChI is InChI=1S/C17H32N2O/c1-5-17(4)11-19(15(10-18-17)12(2)3)14-8-9-20-16(14)13-6-7-13/h12-16,18H,5-11H2,1-4H3. The fourth-order valence-electron chi connectivity index (χ4n) is 4.09. The molecule has 4 unspecified atom stereocenters. The Balaban J connectivity index is 1.78. The summed E-state index contributed by atoms with van der Waals surface area (Å²) in [5, 5.41) is 3.81. The Morgan fingerprint density at radius 3 is 2.65 bits per heavy atom. The highest BCUT2D eigenvalue weighted by Crippen LogP contribution is 2.42. The van der Waals surface area contributed by atoms with Crippen LogP contribution in [0.5, 0.6) is 0 Å². The first-order valence-corrected chi connectivity index (χ1v) is 8.66. The van der Waals surface area contributed by atoms with Crippen LogP contribution >= 0.6 is 0 Å². The Morgan fingerprint density at radius 1 is 1.30 bits per heavy atom. The molecular formula is C17H32N2O. The van der Waals surface area contributed by atoms with Crippen molar-refractivity contribution in [3.05, 3.63) is 0 Å². The number of ether oxygens (including phenoxy) is 1. The highest BCUT2D eigenvalue weighted by atomic mass is 16.5. The van der Waals surface area contributed by atoms with Gasteiger partial charge < -0.3 is 10.1 Å². The third-order valence-electron chi connectivity index (χ3n) is 5.86. The molecule has 1 aliphatic carbocycles. The second-order valence-corrected chi connectivity index (χ2v) is 7.81. The number of nitrogens with one attached hydrogen (secondary N) is 1. The first-order valence-electron chi connectivity index (χ1n) is 8.66. The largest absolute Gasteiger partial charge is 0.376 e. The Morgan fingerprint density at radius 2 is 2.05 bits per heavy atom. The molecule has 0 spiro atoms. The minimum atomic E-state index is 0.280. The molecule has 2 saturated heterocycles. The molecule has 0 aromatic rings. The van der Waals surface area contributed by atoms with Crippen molar-refractivity contribution in [1.82, 2.24) is 10.2 Å². The average Bonchev–Trinajstić information content (AvgIpc) is 3.15. The van der Waals surface area contributed by atoms with Crippen LogP contribution in [0.25, 0.3) is 0 Å². The summed E-state index contributed by atoms with van der Waals surface area (Å²) in [6.45, 7) is 12.7. The molecule has 2 heterocycles. The molecule has 3 rings (SSSR count). The highest BCUT2D eigenvalue weighted by Gasteiger charge is 2.47. The fraction of sp³-hybridized carbons (Fsp3) is 1.00. The van der Waals surface area contributed by atoms with Crippen molar-refractivity contribution < 1.29 is 4.74 Å². The maximum absolute atomic E-state index is 6.11. The summed E-state index contributed by atoms with van der Waals surface area (Å²) in [7, 11) is 0. The van der Waals surface area contributed by atoms with Gasteiger partial charge in [-0.05, 0) is 44.4 Å². The number of hydrogen-bond donors (Lipinski definition) is 1. The lowest BCUT2D eigenvalue weighted by atomic mass is 9.87. The first-order chi connectivity index (χ1) is 9.54. The van der Waals surface area contributed by atoms with Gasteiger partial charge in [-0.1, -0.05) is 20.8 Å². The topological polar surface area (TPSA) is 24.5 Å². The molecule has 1 N–H and O–H groups in total. The zero-order chi connectivity index (χ0) is 14.3. The average molecular weight is 280 g/mol. The van der Waals surface area contributed by atoms with E-state index in [1.165, 1.54) is 32.2 Å². The Labute approximate surface area is 124 Å². The Hall–Kier alpha value is -0.120. The molecule has 1 saturated carbocycles. The normalized spacial score (nSPS) is 43.4. The van der Waals surface area contributed by atoms with Crippen molar-refractivity contribution >= 4 is 0 Å². The van der Waals surface area contributed by atoms with Crippen molar-refractivity contribution in [2.45, 2.75) is 77.1 Å². The van der Waals surface area contributed by atoms with E-state index in [-0.39, 0.29) is 5.54 Å². The molecule has 20 heavy (non-hydrogen) atoms. The van der Waals surface area contributed by atoms with E-state index in [1.54, 1.807) is 0 Å². The number of hydrogen-bond acceptors (Lipinski definition) is 3. The van der Waals surface area contributed by atoms with Gasteiger partial charge in [0.1, 0.15) is 0 Å². The van der Waals surface area contributed by atoms with Crippen LogP contribution in [0, 0.1) is 11.8 Å². The lowest BCUT2D eigenvalue weighted by Crippen LogP contribution is -2.67. The van der Waals surface area contributed by atoms with E-state index >= 15 is 0 Å². The van der Waals surface area contributed by atoms with Gasteiger partial charge in [0.15, 0.2) is 0 Å². The summed E-state index contributed by atoms with van der Waals surface area (Å²) >= 11 is 0. The Kier molecular flexibility index (Phi) is 4.13. The van der Waals surface area contributed by atoms with Gasteiger partial charge in [-0.25, -0.2) is 0 Å². The van der Waals surface area contributed by atoms with Gasteiger partial charge in [0.25, 0.3) is 0 Å². The van der Waals surface area contributed by atoms with E-state index in [0.29, 0.717) is 24.1 Å². The minimum Gasteiger partial charge on any atom is -0.376 e. The van der Waals surface area contributed by atoms with Gasteiger partial charge in [-0.15, -0.1) is 0 Å². The maximum atomic E-state index is 6.11. The molecule has 0 radical (unpaired) electrons. The summed E-state index contributed by atoms with van der Waals surface area (Å²) in [5.74, 6) is 1.57. The quantitative estimate of drug-likeness (QED) is 0.857. The van der Waals surface area contributed by atoms with Crippen LogP contribution in [0.3, 0.4) is 0 Å². The Bertz CT molecular complexity index is 342. The SMILES string of the molecule is CCC1(C)CN(C2CCOC2C2CC2)C(C(C)C)CN1. The van der Waals surface area contributed by atoms with Crippen LogP contribution in [0.1, 0.15) is 53.4 Å². The molecule has 3 nitrogen and oxygen atoms in total. The van der Waals surface area contributed by atoms with Crippen LogP contribution in [0.2, 0.25) is 0 Å². The molecule has 0 aromatic carbocycles. The van der Waals surface area contributed by atoms with E-state index in [4.69, 9.17) is 4.74 Å². The lowest BCUT2D eigenvalue weighted by molar-refractivity contribution is -0.0163. The summed E-state index contributed by atoms with van der Waals surface area (Å²) in [4.78, 5) is 2.82. The number of rotatable bonds is 4.